The van der Waals surface area contributed by atoms with E-state index < -0.39 is 4.92 Å². The Kier molecular flexibility index (Phi) is 4.16. The minimum Gasteiger partial charge on any atom is -0.399 e. The zero-order chi connectivity index (χ0) is 13.8. The van der Waals surface area contributed by atoms with Crippen LogP contribution in [0.3, 0.4) is 0 Å². The second-order valence-corrected chi connectivity index (χ2v) is 5.02. The van der Waals surface area contributed by atoms with E-state index in [9.17, 15) is 10.1 Å². The zero-order valence-electron chi connectivity index (χ0n) is 10.1. The van der Waals surface area contributed by atoms with Gasteiger partial charge in [0.05, 0.1) is 17.8 Å². The molecule has 0 saturated heterocycles. The predicted molar refractivity (Wildman–Crippen MR) is 75.8 cm³/mol. The van der Waals surface area contributed by atoms with Gasteiger partial charge in [0.15, 0.2) is 0 Å². The van der Waals surface area contributed by atoms with Gasteiger partial charge in [-0.05, 0) is 51.4 Å². The van der Waals surface area contributed by atoms with Crippen molar-refractivity contribution in [1.29, 1.82) is 0 Å². The molecule has 0 bridgehead atoms. The Hall–Kier alpha value is -1.89. The summed E-state index contributed by atoms with van der Waals surface area (Å²) >= 11 is 3.12. The number of nitro groups is 1. The van der Waals surface area contributed by atoms with E-state index in [0.717, 1.165) is 18.5 Å². The fraction of sp³-hybridized carbons (Fsp3) is 0.250. The van der Waals surface area contributed by atoms with E-state index in [4.69, 9.17) is 5.73 Å². The third-order valence-electron chi connectivity index (χ3n) is 2.70. The van der Waals surface area contributed by atoms with Crippen molar-refractivity contribution >= 4 is 27.4 Å². The predicted octanol–water partition coefficient (Wildman–Crippen LogP) is 2.77. The SMILES string of the molecule is Nc1ccc(CCCn2cc(Br)c([N+](=O)[O-])n2)cc1. The first-order valence-corrected chi connectivity index (χ1v) is 6.57. The Morgan fingerprint density at radius 2 is 2.05 bits per heavy atom. The number of nitrogen functional groups attached to an aromatic ring is 1. The van der Waals surface area contributed by atoms with Crippen molar-refractivity contribution in [2.24, 2.45) is 0 Å². The normalized spacial score (nSPS) is 10.6. The van der Waals surface area contributed by atoms with E-state index in [1.165, 1.54) is 5.56 Å². The van der Waals surface area contributed by atoms with Crippen LogP contribution in [0.25, 0.3) is 0 Å². The molecule has 0 aliphatic carbocycles. The first kappa shape index (κ1) is 13.5. The molecule has 0 saturated carbocycles. The monoisotopic (exact) mass is 324 g/mol. The van der Waals surface area contributed by atoms with Gasteiger partial charge in [0.2, 0.25) is 0 Å². The number of nitrogens with two attached hydrogens (primary N) is 1. The van der Waals surface area contributed by atoms with E-state index >= 15 is 0 Å². The molecular formula is C12H13BrN4O2. The molecule has 2 aromatic rings. The average molecular weight is 325 g/mol. The van der Waals surface area contributed by atoms with Gasteiger partial charge < -0.3 is 15.8 Å². The number of hydrogen-bond donors (Lipinski definition) is 1. The van der Waals surface area contributed by atoms with Crippen molar-refractivity contribution in [2.75, 3.05) is 5.73 Å². The fourth-order valence-corrected chi connectivity index (χ4v) is 2.22. The van der Waals surface area contributed by atoms with Crippen LogP contribution < -0.4 is 5.73 Å². The van der Waals surface area contributed by atoms with Crippen molar-refractivity contribution in [2.45, 2.75) is 19.4 Å². The maximum absolute atomic E-state index is 10.7. The summed E-state index contributed by atoms with van der Waals surface area (Å²) in [7, 11) is 0. The molecule has 1 heterocycles. The number of anilines is 1. The van der Waals surface area contributed by atoms with Crippen LogP contribution in [-0.4, -0.2) is 14.7 Å². The molecule has 1 aromatic carbocycles. The molecule has 100 valence electrons. The number of benzene rings is 1. The van der Waals surface area contributed by atoms with E-state index in [2.05, 4.69) is 21.0 Å². The number of halogens is 1. The van der Waals surface area contributed by atoms with Crippen LogP contribution in [-0.2, 0) is 13.0 Å². The van der Waals surface area contributed by atoms with Gasteiger partial charge in [0.25, 0.3) is 0 Å². The summed E-state index contributed by atoms with van der Waals surface area (Å²) in [5.41, 5.74) is 7.55. The standard InChI is InChI=1S/C12H13BrN4O2/c13-11-8-16(15-12(11)17(18)19)7-1-2-9-3-5-10(14)6-4-9/h3-6,8H,1-2,7,14H2. The summed E-state index contributed by atoms with van der Waals surface area (Å²) < 4.78 is 1.99. The van der Waals surface area contributed by atoms with Gasteiger partial charge in [-0.2, -0.15) is 4.68 Å². The Morgan fingerprint density at radius 3 is 2.63 bits per heavy atom. The summed E-state index contributed by atoms with van der Waals surface area (Å²) in [4.78, 5) is 10.2. The lowest BCUT2D eigenvalue weighted by molar-refractivity contribution is -0.390. The highest BCUT2D eigenvalue weighted by Gasteiger charge is 2.17. The molecule has 0 spiro atoms. The lowest BCUT2D eigenvalue weighted by Crippen LogP contribution is -2.01. The lowest BCUT2D eigenvalue weighted by Gasteiger charge is -2.00. The van der Waals surface area contributed by atoms with Crippen LogP contribution in [0, 0.1) is 10.1 Å². The van der Waals surface area contributed by atoms with Gasteiger partial charge in [-0.1, -0.05) is 12.1 Å². The number of hydrogen-bond acceptors (Lipinski definition) is 4. The van der Waals surface area contributed by atoms with Gasteiger partial charge in [0.1, 0.15) is 4.47 Å². The number of aryl methyl sites for hydroxylation is 2. The number of nitrogens with zero attached hydrogens (tertiary/aromatic N) is 3. The zero-order valence-corrected chi connectivity index (χ0v) is 11.7. The van der Waals surface area contributed by atoms with Crippen molar-refractivity contribution < 1.29 is 4.92 Å². The quantitative estimate of drug-likeness (QED) is 0.520. The Labute approximate surface area is 118 Å². The van der Waals surface area contributed by atoms with E-state index in [1.54, 1.807) is 10.9 Å². The van der Waals surface area contributed by atoms with Crippen molar-refractivity contribution in [3.63, 3.8) is 0 Å². The summed E-state index contributed by atoms with van der Waals surface area (Å²) in [5.74, 6) is -0.146. The highest BCUT2D eigenvalue weighted by Crippen LogP contribution is 2.22. The summed E-state index contributed by atoms with van der Waals surface area (Å²) in [6.45, 7) is 0.636. The van der Waals surface area contributed by atoms with E-state index in [0.29, 0.717) is 11.0 Å². The first-order chi connectivity index (χ1) is 9.06. The largest absolute Gasteiger partial charge is 0.404 e. The molecule has 0 fully saturated rings. The van der Waals surface area contributed by atoms with Crippen molar-refractivity contribution in [1.82, 2.24) is 9.78 Å². The molecule has 0 amide bonds. The van der Waals surface area contributed by atoms with Crippen LogP contribution in [0.5, 0.6) is 0 Å². The maximum Gasteiger partial charge on any atom is 0.404 e. The molecule has 1 aromatic heterocycles. The van der Waals surface area contributed by atoms with Crippen LogP contribution in [0.1, 0.15) is 12.0 Å². The molecule has 2 rings (SSSR count). The van der Waals surface area contributed by atoms with Crippen molar-refractivity contribution in [3.8, 4) is 0 Å². The molecule has 19 heavy (non-hydrogen) atoms. The lowest BCUT2D eigenvalue weighted by atomic mass is 10.1. The molecule has 7 heteroatoms. The van der Waals surface area contributed by atoms with Gasteiger partial charge in [-0.3, -0.25) is 0 Å². The highest BCUT2D eigenvalue weighted by molar-refractivity contribution is 9.10. The molecule has 6 nitrogen and oxygen atoms in total. The summed E-state index contributed by atoms with van der Waals surface area (Å²) in [6.07, 6.45) is 3.36. The van der Waals surface area contributed by atoms with Gasteiger partial charge in [0, 0.05) is 5.69 Å². The maximum atomic E-state index is 10.7. The van der Waals surface area contributed by atoms with E-state index in [1.807, 2.05) is 24.3 Å². The number of aromatic nitrogens is 2. The Bertz CT molecular complexity index is 580. The molecule has 0 aliphatic heterocycles. The molecular weight excluding hydrogens is 312 g/mol. The van der Waals surface area contributed by atoms with Crippen LogP contribution in [0.4, 0.5) is 11.5 Å². The molecule has 0 atom stereocenters. The molecule has 2 N–H and O–H groups in total. The highest BCUT2D eigenvalue weighted by atomic mass is 79.9. The third kappa shape index (κ3) is 3.54. The Morgan fingerprint density at radius 1 is 1.37 bits per heavy atom. The minimum absolute atomic E-state index is 0.146. The van der Waals surface area contributed by atoms with Crippen molar-refractivity contribution in [3.05, 3.63) is 50.6 Å². The summed E-state index contributed by atoms with van der Waals surface area (Å²) in [6, 6.07) is 7.70. The van der Waals surface area contributed by atoms with Gasteiger partial charge in [-0.15, -0.1) is 0 Å². The average Bonchev–Trinajstić information content (AvgIpc) is 2.73. The number of rotatable bonds is 5. The fourth-order valence-electron chi connectivity index (χ4n) is 1.75. The van der Waals surface area contributed by atoms with Gasteiger partial charge >= 0.3 is 5.82 Å². The molecule has 0 aliphatic rings. The Balaban J connectivity index is 1.90. The third-order valence-corrected chi connectivity index (χ3v) is 3.26. The second-order valence-electron chi connectivity index (χ2n) is 4.17. The van der Waals surface area contributed by atoms with Crippen LogP contribution >= 0.6 is 15.9 Å². The topological polar surface area (TPSA) is 87.0 Å². The van der Waals surface area contributed by atoms with Gasteiger partial charge in [-0.25, -0.2) is 0 Å². The molecule has 0 unspecified atom stereocenters. The molecule has 0 radical (unpaired) electrons. The summed E-state index contributed by atoms with van der Waals surface area (Å²) in [5, 5.41) is 14.6. The second kappa shape index (κ2) is 5.83. The van der Waals surface area contributed by atoms with E-state index in [-0.39, 0.29) is 5.82 Å². The first-order valence-electron chi connectivity index (χ1n) is 5.78. The smallest absolute Gasteiger partial charge is 0.399 e. The van der Waals surface area contributed by atoms with Crippen LogP contribution in [0.2, 0.25) is 0 Å². The van der Waals surface area contributed by atoms with Crippen LogP contribution in [0.15, 0.2) is 34.9 Å². The minimum atomic E-state index is -0.499.